The van der Waals surface area contributed by atoms with Gasteiger partial charge in [0.2, 0.25) is 0 Å². The van der Waals surface area contributed by atoms with E-state index in [0.717, 1.165) is 0 Å². The molecule has 0 saturated carbocycles. The summed E-state index contributed by atoms with van der Waals surface area (Å²) in [4.78, 5) is 13.2. The molecule has 0 atom stereocenters. The third-order valence-electron chi connectivity index (χ3n) is 3.08. The Balaban J connectivity index is 2.58. The fourth-order valence-corrected chi connectivity index (χ4v) is 1.97. The van der Waals surface area contributed by atoms with Crippen LogP contribution in [0.25, 0.3) is 0 Å². The molecule has 1 heterocycles. The summed E-state index contributed by atoms with van der Waals surface area (Å²) in [6.07, 6.45) is -3.09. The highest BCUT2D eigenvalue weighted by atomic mass is 19.4. The molecule has 0 aliphatic carbocycles. The molecule has 1 fully saturated rings. The average Bonchev–Trinajstić information content (AvgIpc) is 2.27. The van der Waals surface area contributed by atoms with Crippen LogP contribution >= 0.6 is 0 Å². The Morgan fingerprint density at radius 2 is 1.86 bits per heavy atom. The van der Waals surface area contributed by atoms with E-state index in [1.165, 1.54) is 4.90 Å². The predicted molar refractivity (Wildman–Crippen MR) is 76.5 cm³/mol. The molecule has 0 bridgehead atoms. The van der Waals surface area contributed by atoms with Gasteiger partial charge < -0.3 is 14.4 Å². The van der Waals surface area contributed by atoms with Crippen molar-refractivity contribution < 1.29 is 27.4 Å². The molecule has 0 radical (unpaired) electrons. The van der Waals surface area contributed by atoms with E-state index in [1.54, 1.807) is 26.8 Å². The van der Waals surface area contributed by atoms with Crippen molar-refractivity contribution in [2.24, 2.45) is 0 Å². The van der Waals surface area contributed by atoms with Crippen LogP contribution in [0.4, 0.5) is 18.0 Å². The molecule has 0 unspecified atom stereocenters. The first-order valence-electron chi connectivity index (χ1n) is 6.86. The van der Waals surface area contributed by atoms with E-state index < -0.39 is 35.7 Å². The Morgan fingerprint density at radius 3 is 2.27 bits per heavy atom. The number of carbonyl (C=O) groups excluding carboxylic acids is 1. The van der Waals surface area contributed by atoms with E-state index in [0.29, 0.717) is 6.42 Å². The summed E-state index contributed by atoms with van der Waals surface area (Å²) in [6.45, 7) is 11.5. The van der Waals surface area contributed by atoms with Gasteiger partial charge in [0.15, 0.2) is 0 Å². The van der Waals surface area contributed by atoms with Crippen molar-refractivity contribution in [1.29, 1.82) is 0 Å². The van der Waals surface area contributed by atoms with E-state index in [9.17, 15) is 18.0 Å². The van der Waals surface area contributed by atoms with Crippen LogP contribution in [0.5, 0.6) is 0 Å². The second-order valence-electron chi connectivity index (χ2n) is 6.40. The zero-order chi connectivity index (χ0) is 17.2. The van der Waals surface area contributed by atoms with Crippen LogP contribution in [-0.2, 0) is 9.47 Å². The fourth-order valence-electron chi connectivity index (χ4n) is 1.97. The van der Waals surface area contributed by atoms with Gasteiger partial charge in [0.05, 0.1) is 25.3 Å². The zero-order valence-corrected chi connectivity index (χ0v) is 13.1. The molecule has 0 aromatic rings. The van der Waals surface area contributed by atoms with Crippen molar-refractivity contribution in [2.75, 3.05) is 19.7 Å². The second-order valence-corrected chi connectivity index (χ2v) is 6.40. The van der Waals surface area contributed by atoms with Gasteiger partial charge in [-0.1, -0.05) is 12.7 Å². The Bertz CT molecular complexity index is 446. The lowest BCUT2D eigenvalue weighted by Crippen LogP contribution is -2.65. The molecular formula is C15H22F3NO3. The van der Waals surface area contributed by atoms with Gasteiger partial charge in [0.1, 0.15) is 11.2 Å². The first-order chi connectivity index (χ1) is 9.88. The van der Waals surface area contributed by atoms with Gasteiger partial charge in [-0.05, 0) is 27.2 Å². The molecule has 7 heteroatoms. The number of hydrogen-bond acceptors (Lipinski definition) is 3. The summed E-state index contributed by atoms with van der Waals surface area (Å²) >= 11 is 0. The predicted octanol–water partition coefficient (Wildman–Crippen LogP) is 3.69. The van der Waals surface area contributed by atoms with Gasteiger partial charge in [0.25, 0.3) is 0 Å². The molecule has 1 rings (SSSR count). The third-order valence-corrected chi connectivity index (χ3v) is 3.08. The maximum Gasteiger partial charge on any atom is 0.414 e. The van der Waals surface area contributed by atoms with Crippen LogP contribution in [-0.4, -0.2) is 48.1 Å². The van der Waals surface area contributed by atoms with Gasteiger partial charge >= 0.3 is 12.3 Å². The number of hydrogen-bond donors (Lipinski definition) is 0. The largest absolute Gasteiger partial charge is 0.444 e. The van der Waals surface area contributed by atoms with Gasteiger partial charge in [-0.3, -0.25) is 0 Å². The van der Waals surface area contributed by atoms with Crippen LogP contribution in [0.3, 0.4) is 0 Å². The lowest BCUT2D eigenvalue weighted by molar-refractivity contribution is -0.150. The monoisotopic (exact) mass is 321 g/mol. The molecule has 1 saturated heterocycles. The molecule has 1 aliphatic heterocycles. The number of rotatable bonds is 5. The second kappa shape index (κ2) is 6.32. The SMILES string of the molecule is C=CCC1(OCC(=C)C(F)(F)F)CN(C(=O)OC(C)(C)C)C1. The highest BCUT2D eigenvalue weighted by Gasteiger charge is 2.47. The number of nitrogens with zero attached hydrogens (tertiary/aromatic N) is 1. The highest BCUT2D eigenvalue weighted by Crippen LogP contribution is 2.33. The number of ether oxygens (including phenoxy) is 2. The number of likely N-dealkylation sites (tertiary alicyclic amines) is 1. The molecule has 1 amide bonds. The molecular weight excluding hydrogens is 299 g/mol. The van der Waals surface area contributed by atoms with Crippen LogP contribution in [0.15, 0.2) is 24.8 Å². The van der Waals surface area contributed by atoms with Crippen molar-refractivity contribution in [2.45, 2.75) is 44.6 Å². The molecule has 126 valence electrons. The van der Waals surface area contributed by atoms with Crippen molar-refractivity contribution in [3.63, 3.8) is 0 Å². The molecule has 4 nitrogen and oxygen atoms in total. The minimum atomic E-state index is -4.48. The molecule has 22 heavy (non-hydrogen) atoms. The third kappa shape index (κ3) is 5.05. The topological polar surface area (TPSA) is 38.8 Å². The van der Waals surface area contributed by atoms with Crippen molar-refractivity contribution >= 4 is 6.09 Å². The summed E-state index contributed by atoms with van der Waals surface area (Å²) < 4.78 is 47.9. The first kappa shape index (κ1) is 18.5. The maximum absolute atomic E-state index is 12.4. The summed E-state index contributed by atoms with van der Waals surface area (Å²) in [5.41, 5.74) is -2.43. The van der Waals surface area contributed by atoms with Gasteiger partial charge in [-0.15, -0.1) is 6.58 Å². The van der Waals surface area contributed by atoms with Gasteiger partial charge in [0, 0.05) is 0 Å². The highest BCUT2D eigenvalue weighted by molar-refractivity contribution is 5.69. The Morgan fingerprint density at radius 1 is 1.32 bits per heavy atom. The molecule has 0 spiro atoms. The van der Waals surface area contributed by atoms with Crippen molar-refractivity contribution in [1.82, 2.24) is 4.90 Å². The van der Waals surface area contributed by atoms with E-state index in [1.807, 2.05) is 0 Å². The summed E-state index contributed by atoms with van der Waals surface area (Å²) in [7, 11) is 0. The van der Waals surface area contributed by atoms with Crippen LogP contribution in [0, 0.1) is 0 Å². The standard InChI is InChI=1S/C15H22F3NO3/c1-6-7-14(21-8-11(2)15(16,17)18)9-19(10-14)12(20)22-13(3,4)5/h6H,1-2,7-10H2,3-5H3. The number of alkyl halides is 3. The van der Waals surface area contributed by atoms with Gasteiger partial charge in [-0.25, -0.2) is 4.79 Å². The summed E-state index contributed by atoms with van der Waals surface area (Å²) in [6, 6.07) is 0. The molecule has 0 aromatic heterocycles. The zero-order valence-electron chi connectivity index (χ0n) is 13.1. The lowest BCUT2D eigenvalue weighted by Gasteiger charge is -2.49. The van der Waals surface area contributed by atoms with E-state index in [4.69, 9.17) is 9.47 Å². The Kier molecular flexibility index (Phi) is 5.33. The first-order valence-corrected chi connectivity index (χ1v) is 6.86. The normalized spacial score (nSPS) is 17.6. The van der Waals surface area contributed by atoms with Crippen LogP contribution in [0.2, 0.25) is 0 Å². The fraction of sp³-hybridized carbons (Fsp3) is 0.667. The number of amides is 1. The molecule has 1 aliphatic rings. The number of carbonyl (C=O) groups is 1. The van der Waals surface area contributed by atoms with E-state index in [2.05, 4.69) is 13.2 Å². The smallest absolute Gasteiger partial charge is 0.414 e. The summed E-state index contributed by atoms with van der Waals surface area (Å²) in [5, 5.41) is 0. The maximum atomic E-state index is 12.4. The Hall–Kier alpha value is -1.50. The number of halogens is 3. The Labute approximate surface area is 128 Å². The van der Waals surface area contributed by atoms with Crippen molar-refractivity contribution in [3.05, 3.63) is 24.8 Å². The lowest BCUT2D eigenvalue weighted by atomic mass is 9.90. The van der Waals surface area contributed by atoms with Crippen LogP contribution in [0.1, 0.15) is 27.2 Å². The molecule has 0 aromatic carbocycles. The van der Waals surface area contributed by atoms with Crippen molar-refractivity contribution in [3.8, 4) is 0 Å². The summed E-state index contributed by atoms with van der Waals surface area (Å²) in [5.74, 6) is 0. The quantitative estimate of drug-likeness (QED) is 0.725. The van der Waals surface area contributed by atoms with Gasteiger partial charge in [-0.2, -0.15) is 13.2 Å². The minimum Gasteiger partial charge on any atom is -0.444 e. The van der Waals surface area contributed by atoms with Crippen LogP contribution < -0.4 is 0 Å². The molecule has 0 N–H and O–H groups in total. The minimum absolute atomic E-state index is 0.166. The van der Waals surface area contributed by atoms with E-state index in [-0.39, 0.29) is 13.1 Å². The van der Waals surface area contributed by atoms with E-state index >= 15 is 0 Å². The average molecular weight is 321 g/mol.